The third-order valence-corrected chi connectivity index (χ3v) is 6.14. The van der Waals surface area contributed by atoms with Crippen molar-refractivity contribution >= 4 is 28.9 Å². The first kappa shape index (κ1) is 20.3. The molecule has 0 radical (unpaired) electrons. The first-order valence-electron chi connectivity index (χ1n) is 10.7. The number of carbonyl (C=O) groups excluding carboxylic acids is 2. The summed E-state index contributed by atoms with van der Waals surface area (Å²) in [7, 11) is 3.97. The molecular weight excluding hydrogens is 402 g/mol. The summed E-state index contributed by atoms with van der Waals surface area (Å²) in [5.41, 5.74) is 4.38. The van der Waals surface area contributed by atoms with E-state index in [2.05, 4.69) is 0 Å². The third kappa shape index (κ3) is 3.24. The van der Waals surface area contributed by atoms with Crippen LogP contribution < -0.4 is 14.9 Å². The molecule has 2 aliphatic heterocycles. The Morgan fingerprint density at radius 3 is 2.16 bits per heavy atom. The predicted octanol–water partition coefficient (Wildman–Crippen LogP) is 4.11. The van der Waals surface area contributed by atoms with E-state index in [4.69, 9.17) is 4.84 Å². The largest absolute Gasteiger partial charge is 0.378 e. The lowest BCUT2D eigenvalue weighted by Crippen LogP contribution is -2.37. The maximum absolute atomic E-state index is 13.6. The van der Waals surface area contributed by atoms with Crippen molar-refractivity contribution in [2.45, 2.75) is 19.1 Å². The highest BCUT2D eigenvalue weighted by Crippen LogP contribution is 2.47. The van der Waals surface area contributed by atoms with E-state index in [0.29, 0.717) is 5.69 Å². The van der Waals surface area contributed by atoms with Gasteiger partial charge in [-0.3, -0.25) is 14.4 Å². The van der Waals surface area contributed by atoms with Crippen molar-refractivity contribution in [3.63, 3.8) is 0 Å². The number of amides is 2. The highest BCUT2D eigenvalue weighted by Gasteiger charge is 2.60. The van der Waals surface area contributed by atoms with Crippen LogP contribution >= 0.6 is 0 Å². The van der Waals surface area contributed by atoms with Crippen LogP contribution in [0.3, 0.4) is 0 Å². The zero-order chi connectivity index (χ0) is 22.4. The normalized spacial score (nSPS) is 22.4. The first-order chi connectivity index (χ1) is 15.5. The molecule has 2 heterocycles. The number of rotatable bonds is 4. The Kier molecular flexibility index (Phi) is 4.94. The number of hydrogen-bond donors (Lipinski definition) is 0. The van der Waals surface area contributed by atoms with Crippen LogP contribution in [-0.2, 0) is 14.4 Å². The van der Waals surface area contributed by atoms with Crippen LogP contribution in [0.1, 0.15) is 17.2 Å². The van der Waals surface area contributed by atoms with Crippen molar-refractivity contribution < 1.29 is 14.4 Å². The Morgan fingerprint density at radius 2 is 1.50 bits per heavy atom. The zero-order valence-electron chi connectivity index (χ0n) is 18.3. The lowest BCUT2D eigenvalue weighted by Gasteiger charge is -2.29. The predicted molar refractivity (Wildman–Crippen MR) is 124 cm³/mol. The van der Waals surface area contributed by atoms with Crippen molar-refractivity contribution in [1.82, 2.24) is 0 Å². The van der Waals surface area contributed by atoms with E-state index < -0.39 is 18.1 Å². The second-order valence-electron chi connectivity index (χ2n) is 8.49. The molecule has 2 aliphatic rings. The molecule has 6 heteroatoms. The van der Waals surface area contributed by atoms with Crippen LogP contribution in [0.25, 0.3) is 0 Å². The average Bonchev–Trinajstić information content (AvgIpc) is 3.30. The van der Waals surface area contributed by atoms with E-state index in [1.165, 1.54) is 4.90 Å². The summed E-state index contributed by atoms with van der Waals surface area (Å²) < 4.78 is 0. The molecule has 6 nitrogen and oxygen atoms in total. The molecule has 0 aromatic heterocycles. The lowest BCUT2D eigenvalue weighted by molar-refractivity contribution is -0.126. The van der Waals surface area contributed by atoms with Crippen LogP contribution in [0, 0.1) is 12.8 Å². The summed E-state index contributed by atoms with van der Waals surface area (Å²) in [6, 6.07) is 24.7. The quantitative estimate of drug-likeness (QED) is 0.587. The molecule has 2 amide bonds. The van der Waals surface area contributed by atoms with Crippen LogP contribution in [0.15, 0.2) is 78.9 Å². The average molecular weight is 428 g/mol. The van der Waals surface area contributed by atoms with Crippen molar-refractivity contribution in [2.75, 3.05) is 29.0 Å². The van der Waals surface area contributed by atoms with Gasteiger partial charge in [0, 0.05) is 19.8 Å². The summed E-state index contributed by atoms with van der Waals surface area (Å²) in [6.07, 6.45) is -0.859. The summed E-state index contributed by atoms with van der Waals surface area (Å²) in [5.74, 6) is -1.18. The lowest BCUT2D eigenvalue weighted by atomic mass is 9.90. The number of imide groups is 1. The zero-order valence-corrected chi connectivity index (χ0v) is 18.3. The number of fused-ring (bicyclic) bond motifs is 1. The molecule has 3 aromatic carbocycles. The summed E-state index contributed by atoms with van der Waals surface area (Å²) in [5, 5.41) is 1.73. The van der Waals surface area contributed by atoms with E-state index in [1.807, 2.05) is 98.7 Å². The number of hydroxylamine groups is 1. The van der Waals surface area contributed by atoms with Gasteiger partial charge in [-0.05, 0) is 54.4 Å². The van der Waals surface area contributed by atoms with Crippen molar-refractivity contribution in [3.05, 3.63) is 90.0 Å². The number of benzene rings is 3. The molecular formula is C26H25N3O3. The monoisotopic (exact) mass is 427 g/mol. The maximum Gasteiger partial charge on any atom is 0.266 e. The fraction of sp³-hybridized carbons (Fsp3) is 0.231. The molecule has 0 N–H and O–H groups in total. The molecule has 3 atom stereocenters. The Labute approximate surface area is 187 Å². The molecule has 0 saturated carbocycles. The maximum atomic E-state index is 13.6. The highest BCUT2D eigenvalue weighted by molar-refractivity contribution is 6.24. The van der Waals surface area contributed by atoms with Gasteiger partial charge >= 0.3 is 0 Å². The number of para-hydroxylation sites is 1. The van der Waals surface area contributed by atoms with Crippen LogP contribution in [0.4, 0.5) is 17.1 Å². The minimum Gasteiger partial charge on any atom is -0.378 e. The molecule has 0 aliphatic carbocycles. The Morgan fingerprint density at radius 1 is 0.812 bits per heavy atom. The Balaban J connectivity index is 1.57. The van der Waals surface area contributed by atoms with E-state index in [0.717, 1.165) is 22.5 Å². The SMILES string of the molecule is Cc1cccc(N2C(=O)[C@H]3[C@@H](ON(c4ccccc4)[C@H]3c3ccc(N(C)C)cc3)C2=O)c1. The van der Waals surface area contributed by atoms with E-state index in [1.54, 1.807) is 11.1 Å². The van der Waals surface area contributed by atoms with Gasteiger partial charge in [0.15, 0.2) is 6.10 Å². The molecule has 32 heavy (non-hydrogen) atoms. The molecule has 0 spiro atoms. The van der Waals surface area contributed by atoms with Gasteiger partial charge < -0.3 is 4.90 Å². The van der Waals surface area contributed by atoms with Gasteiger partial charge in [-0.15, -0.1) is 0 Å². The molecule has 2 fully saturated rings. The topological polar surface area (TPSA) is 53.1 Å². The summed E-state index contributed by atoms with van der Waals surface area (Å²) in [4.78, 5) is 36.5. The summed E-state index contributed by atoms with van der Waals surface area (Å²) >= 11 is 0. The molecule has 0 unspecified atom stereocenters. The Hall–Kier alpha value is -3.64. The number of hydrogen-bond acceptors (Lipinski definition) is 5. The van der Waals surface area contributed by atoms with Gasteiger partial charge in [-0.1, -0.05) is 42.5 Å². The van der Waals surface area contributed by atoms with Crippen molar-refractivity contribution in [2.24, 2.45) is 5.92 Å². The highest BCUT2D eigenvalue weighted by atomic mass is 16.7. The number of nitrogens with zero attached hydrogens (tertiary/aromatic N) is 3. The standard InChI is InChI=1S/C26H25N3O3/c1-17-8-7-11-21(16-17)28-25(30)22-23(18-12-14-19(15-13-18)27(2)3)29(32-24(22)26(28)31)20-9-5-4-6-10-20/h4-16,22-24H,1-3H3/t22-,23+,24-/m1/s1. The fourth-order valence-electron chi connectivity index (χ4n) is 4.54. The van der Waals surface area contributed by atoms with E-state index in [-0.39, 0.29) is 11.8 Å². The third-order valence-electron chi connectivity index (χ3n) is 6.14. The van der Waals surface area contributed by atoms with Gasteiger partial charge in [0.05, 0.1) is 17.4 Å². The Bertz CT molecular complexity index is 1160. The first-order valence-corrected chi connectivity index (χ1v) is 10.7. The van der Waals surface area contributed by atoms with Gasteiger partial charge in [0.2, 0.25) is 5.91 Å². The molecule has 5 rings (SSSR count). The number of aryl methyl sites for hydroxylation is 1. The minimum atomic E-state index is -0.859. The van der Waals surface area contributed by atoms with Gasteiger partial charge in [0.25, 0.3) is 5.91 Å². The smallest absolute Gasteiger partial charge is 0.266 e. The fourth-order valence-corrected chi connectivity index (χ4v) is 4.54. The minimum absolute atomic E-state index is 0.231. The van der Waals surface area contributed by atoms with E-state index >= 15 is 0 Å². The van der Waals surface area contributed by atoms with Crippen molar-refractivity contribution in [3.8, 4) is 0 Å². The van der Waals surface area contributed by atoms with Gasteiger partial charge in [0.1, 0.15) is 5.92 Å². The second kappa shape index (κ2) is 7.80. The van der Waals surface area contributed by atoms with Crippen LogP contribution in [-0.4, -0.2) is 32.0 Å². The number of anilines is 3. The molecule has 0 bridgehead atoms. The van der Waals surface area contributed by atoms with Gasteiger partial charge in [-0.25, -0.2) is 9.96 Å². The molecule has 162 valence electrons. The molecule has 3 aromatic rings. The van der Waals surface area contributed by atoms with Crippen molar-refractivity contribution in [1.29, 1.82) is 0 Å². The summed E-state index contributed by atoms with van der Waals surface area (Å²) in [6.45, 7) is 1.94. The van der Waals surface area contributed by atoms with Gasteiger partial charge in [-0.2, -0.15) is 0 Å². The molecule has 2 saturated heterocycles. The van der Waals surface area contributed by atoms with E-state index in [9.17, 15) is 9.59 Å². The van der Waals surface area contributed by atoms with Crippen LogP contribution in [0.2, 0.25) is 0 Å². The number of carbonyl (C=O) groups is 2. The second-order valence-corrected chi connectivity index (χ2v) is 8.49. The van der Waals surface area contributed by atoms with Crippen LogP contribution in [0.5, 0.6) is 0 Å².